The highest BCUT2D eigenvalue weighted by molar-refractivity contribution is 5.73. The molecule has 0 aromatic carbocycles. The summed E-state index contributed by atoms with van der Waals surface area (Å²) in [6.45, 7) is 5.60. The normalized spacial score (nSPS) is 29.3. The minimum Gasteiger partial charge on any atom is -0.481 e. The lowest BCUT2D eigenvalue weighted by atomic mass is 9.93. The van der Waals surface area contributed by atoms with Crippen LogP contribution in [0.5, 0.6) is 0 Å². The summed E-state index contributed by atoms with van der Waals surface area (Å²) >= 11 is 0. The van der Waals surface area contributed by atoms with Crippen molar-refractivity contribution in [2.75, 3.05) is 19.6 Å². The van der Waals surface area contributed by atoms with Crippen molar-refractivity contribution in [3.63, 3.8) is 0 Å². The van der Waals surface area contributed by atoms with E-state index < -0.39 is 23.2 Å². The maximum absolute atomic E-state index is 14.0. The molecule has 1 aliphatic rings. The van der Waals surface area contributed by atoms with E-state index in [1.807, 2.05) is 0 Å². The molecule has 0 saturated carbocycles. The Labute approximate surface area is 95.1 Å². The molecule has 0 radical (unpaired) electrons. The van der Waals surface area contributed by atoms with Gasteiger partial charge in [0.1, 0.15) is 5.67 Å². The Morgan fingerprint density at radius 2 is 2.19 bits per heavy atom. The molecule has 16 heavy (non-hydrogen) atoms. The lowest BCUT2D eigenvalue weighted by Gasteiger charge is -2.28. The van der Waals surface area contributed by atoms with Gasteiger partial charge in [0, 0.05) is 19.6 Å². The Balaban J connectivity index is 2.58. The molecule has 1 heterocycles. The average Bonchev–Trinajstić information content (AvgIpc) is 2.47. The van der Waals surface area contributed by atoms with Crippen molar-refractivity contribution in [1.29, 1.82) is 0 Å². The molecule has 0 bridgehead atoms. The lowest BCUT2D eigenvalue weighted by molar-refractivity contribution is -0.147. The predicted octanol–water partition coefficient (Wildman–Crippen LogP) is 0.892. The molecule has 4 nitrogen and oxygen atoms in total. The third kappa shape index (κ3) is 2.71. The zero-order valence-electron chi connectivity index (χ0n) is 10.0. The second-order valence-corrected chi connectivity index (χ2v) is 5.36. The second-order valence-electron chi connectivity index (χ2n) is 5.36. The zero-order valence-corrected chi connectivity index (χ0v) is 10.0. The number of likely N-dealkylation sites (tertiary alicyclic amines) is 1. The minimum absolute atomic E-state index is 0.112. The van der Waals surface area contributed by atoms with E-state index in [-0.39, 0.29) is 13.0 Å². The molecule has 1 rings (SSSR count). The van der Waals surface area contributed by atoms with Crippen molar-refractivity contribution in [1.82, 2.24) is 4.90 Å². The fourth-order valence-corrected chi connectivity index (χ4v) is 1.98. The van der Waals surface area contributed by atoms with E-state index in [1.165, 1.54) is 6.92 Å². The zero-order chi connectivity index (χ0) is 12.6. The standard InChI is InChI=1S/C11H20FNO3/c1-8(14)11(12)4-5-13(7-11)6-10(2,3)9(15)16/h8,14H,4-7H2,1-3H3,(H,15,16). The Bertz CT molecular complexity index is 280. The number of halogens is 1. The molecule has 1 saturated heterocycles. The quantitative estimate of drug-likeness (QED) is 0.757. The second kappa shape index (κ2) is 4.30. The summed E-state index contributed by atoms with van der Waals surface area (Å²) in [7, 11) is 0. The van der Waals surface area contributed by atoms with Gasteiger partial charge in [-0.3, -0.25) is 9.69 Å². The van der Waals surface area contributed by atoms with Crippen LogP contribution in [0.15, 0.2) is 0 Å². The Morgan fingerprint density at radius 1 is 1.62 bits per heavy atom. The van der Waals surface area contributed by atoms with Gasteiger partial charge >= 0.3 is 5.97 Å². The summed E-state index contributed by atoms with van der Waals surface area (Å²) in [5.41, 5.74) is -2.47. The molecule has 2 atom stereocenters. The third-order valence-electron chi connectivity index (χ3n) is 3.28. The number of aliphatic carboxylic acids is 1. The van der Waals surface area contributed by atoms with Gasteiger partial charge in [0.05, 0.1) is 11.5 Å². The Morgan fingerprint density at radius 3 is 2.56 bits per heavy atom. The van der Waals surface area contributed by atoms with E-state index in [1.54, 1.807) is 18.7 Å². The summed E-state index contributed by atoms with van der Waals surface area (Å²) in [5, 5.41) is 18.3. The van der Waals surface area contributed by atoms with Crippen LogP contribution in [0.1, 0.15) is 27.2 Å². The molecular weight excluding hydrogens is 213 g/mol. The summed E-state index contributed by atoms with van der Waals surface area (Å²) < 4.78 is 14.0. The number of nitrogens with zero attached hydrogens (tertiary/aromatic N) is 1. The van der Waals surface area contributed by atoms with Crippen LogP contribution in [-0.2, 0) is 4.79 Å². The van der Waals surface area contributed by atoms with Crippen LogP contribution >= 0.6 is 0 Å². The first-order valence-electron chi connectivity index (χ1n) is 5.50. The molecule has 94 valence electrons. The Hall–Kier alpha value is -0.680. The summed E-state index contributed by atoms with van der Waals surface area (Å²) in [4.78, 5) is 12.7. The third-order valence-corrected chi connectivity index (χ3v) is 3.28. The first-order valence-corrected chi connectivity index (χ1v) is 5.50. The molecule has 0 amide bonds. The molecule has 1 aliphatic heterocycles. The monoisotopic (exact) mass is 233 g/mol. The highest BCUT2D eigenvalue weighted by atomic mass is 19.1. The van der Waals surface area contributed by atoms with Gasteiger partial charge in [-0.25, -0.2) is 4.39 Å². The molecule has 1 fully saturated rings. The van der Waals surface area contributed by atoms with E-state index in [2.05, 4.69) is 0 Å². The van der Waals surface area contributed by atoms with Crippen molar-refractivity contribution >= 4 is 5.97 Å². The van der Waals surface area contributed by atoms with E-state index in [0.717, 1.165) is 0 Å². The van der Waals surface area contributed by atoms with Crippen molar-refractivity contribution in [2.45, 2.75) is 39.0 Å². The van der Waals surface area contributed by atoms with Crippen molar-refractivity contribution in [3.05, 3.63) is 0 Å². The summed E-state index contributed by atoms with van der Waals surface area (Å²) in [5.74, 6) is -0.888. The van der Waals surface area contributed by atoms with E-state index in [4.69, 9.17) is 5.11 Å². The maximum atomic E-state index is 14.0. The number of hydrogen-bond acceptors (Lipinski definition) is 3. The molecule has 2 unspecified atom stereocenters. The van der Waals surface area contributed by atoms with Gasteiger partial charge in [0.2, 0.25) is 0 Å². The molecule has 5 heteroatoms. The van der Waals surface area contributed by atoms with Crippen molar-refractivity contribution in [3.8, 4) is 0 Å². The number of aliphatic hydroxyl groups excluding tert-OH is 1. The molecule has 0 aliphatic carbocycles. The summed E-state index contributed by atoms with van der Waals surface area (Å²) in [6, 6.07) is 0. The summed E-state index contributed by atoms with van der Waals surface area (Å²) in [6.07, 6.45) is -0.745. The molecule has 0 spiro atoms. The van der Waals surface area contributed by atoms with Gasteiger partial charge in [-0.1, -0.05) is 0 Å². The predicted molar refractivity (Wildman–Crippen MR) is 58.0 cm³/mol. The van der Waals surface area contributed by atoms with Crippen LogP contribution in [-0.4, -0.2) is 52.5 Å². The Kier molecular flexibility index (Phi) is 3.59. The van der Waals surface area contributed by atoms with Crippen molar-refractivity contribution in [2.24, 2.45) is 5.41 Å². The van der Waals surface area contributed by atoms with Crippen molar-refractivity contribution < 1.29 is 19.4 Å². The molecular formula is C11H20FNO3. The smallest absolute Gasteiger partial charge is 0.310 e. The number of carboxylic acids is 1. The van der Waals surface area contributed by atoms with Gasteiger partial charge in [-0.15, -0.1) is 0 Å². The number of rotatable bonds is 4. The van der Waals surface area contributed by atoms with E-state index >= 15 is 0 Å². The number of carboxylic acid groups (broad SMARTS) is 1. The van der Waals surface area contributed by atoms with Crippen LogP contribution in [0.3, 0.4) is 0 Å². The minimum atomic E-state index is -1.59. The number of hydrogen-bond donors (Lipinski definition) is 2. The molecule has 0 aromatic heterocycles. The largest absolute Gasteiger partial charge is 0.481 e. The van der Waals surface area contributed by atoms with Crippen LogP contribution in [0.2, 0.25) is 0 Å². The first kappa shape index (κ1) is 13.4. The van der Waals surface area contributed by atoms with Gasteiger partial charge < -0.3 is 10.2 Å². The van der Waals surface area contributed by atoms with Gasteiger partial charge in [0.15, 0.2) is 0 Å². The molecule has 2 N–H and O–H groups in total. The lowest BCUT2D eigenvalue weighted by Crippen LogP contribution is -2.42. The highest BCUT2D eigenvalue weighted by Crippen LogP contribution is 2.31. The highest BCUT2D eigenvalue weighted by Gasteiger charge is 2.44. The van der Waals surface area contributed by atoms with Crippen LogP contribution in [0.25, 0.3) is 0 Å². The van der Waals surface area contributed by atoms with Gasteiger partial charge in [-0.05, 0) is 27.2 Å². The fraction of sp³-hybridized carbons (Fsp3) is 0.909. The average molecular weight is 233 g/mol. The first-order chi connectivity index (χ1) is 7.17. The van der Waals surface area contributed by atoms with Crippen LogP contribution < -0.4 is 0 Å². The van der Waals surface area contributed by atoms with Crippen LogP contribution in [0.4, 0.5) is 4.39 Å². The SMILES string of the molecule is CC(O)C1(F)CCN(CC(C)(C)C(=O)O)C1. The van der Waals surface area contributed by atoms with Gasteiger partial charge in [0.25, 0.3) is 0 Å². The number of carbonyl (C=O) groups is 1. The maximum Gasteiger partial charge on any atom is 0.310 e. The number of aliphatic hydroxyl groups is 1. The van der Waals surface area contributed by atoms with Crippen LogP contribution in [0, 0.1) is 5.41 Å². The van der Waals surface area contributed by atoms with E-state index in [9.17, 15) is 14.3 Å². The molecule has 0 aromatic rings. The van der Waals surface area contributed by atoms with E-state index in [0.29, 0.717) is 13.1 Å². The fourth-order valence-electron chi connectivity index (χ4n) is 1.98. The number of alkyl halides is 1. The topological polar surface area (TPSA) is 60.8 Å². The van der Waals surface area contributed by atoms with Gasteiger partial charge in [-0.2, -0.15) is 0 Å².